The molecular formula is C15H13BrN2O2S. The highest BCUT2D eigenvalue weighted by Crippen LogP contribution is 2.39. The summed E-state index contributed by atoms with van der Waals surface area (Å²) < 4.78 is 0.899. The zero-order chi connectivity index (χ0) is 15.0. The van der Waals surface area contributed by atoms with Crippen LogP contribution in [0.15, 0.2) is 34.1 Å². The Morgan fingerprint density at radius 2 is 2.19 bits per heavy atom. The third-order valence-electron chi connectivity index (χ3n) is 3.32. The number of thiophene rings is 1. The second-order valence-electron chi connectivity index (χ2n) is 4.83. The van der Waals surface area contributed by atoms with Crippen LogP contribution in [0, 0.1) is 0 Å². The van der Waals surface area contributed by atoms with E-state index < -0.39 is 0 Å². The molecule has 0 saturated carbocycles. The molecule has 0 bridgehead atoms. The molecule has 108 valence electrons. The topological polar surface area (TPSA) is 49.4 Å². The van der Waals surface area contributed by atoms with E-state index in [0.717, 1.165) is 22.1 Å². The zero-order valence-electron chi connectivity index (χ0n) is 11.4. The fraction of sp³-hybridized carbons (Fsp3) is 0.200. The van der Waals surface area contributed by atoms with E-state index in [1.54, 1.807) is 4.90 Å². The van der Waals surface area contributed by atoms with E-state index in [-0.39, 0.29) is 11.8 Å². The van der Waals surface area contributed by atoms with Crippen molar-refractivity contribution in [1.29, 1.82) is 0 Å². The minimum Gasteiger partial charge on any atom is -0.324 e. The van der Waals surface area contributed by atoms with E-state index in [2.05, 4.69) is 21.2 Å². The average Bonchev–Trinajstić information content (AvgIpc) is 3.05. The van der Waals surface area contributed by atoms with Crippen molar-refractivity contribution in [2.75, 3.05) is 16.8 Å². The molecule has 0 saturated heterocycles. The number of hydrogen-bond donors (Lipinski definition) is 1. The van der Waals surface area contributed by atoms with Crippen LogP contribution in [-0.2, 0) is 11.2 Å². The molecule has 21 heavy (non-hydrogen) atoms. The van der Waals surface area contributed by atoms with Crippen LogP contribution >= 0.6 is 27.3 Å². The summed E-state index contributed by atoms with van der Waals surface area (Å²) in [5, 5.41) is 4.71. The number of fused-ring (bicyclic) bond motifs is 1. The Morgan fingerprint density at radius 1 is 1.38 bits per heavy atom. The van der Waals surface area contributed by atoms with Gasteiger partial charge in [-0.25, -0.2) is 0 Å². The van der Waals surface area contributed by atoms with Gasteiger partial charge in [0.2, 0.25) is 5.91 Å². The van der Waals surface area contributed by atoms with Crippen molar-refractivity contribution in [2.24, 2.45) is 0 Å². The van der Waals surface area contributed by atoms with E-state index in [1.807, 2.05) is 29.6 Å². The van der Waals surface area contributed by atoms with Crippen LogP contribution in [0.5, 0.6) is 0 Å². The normalized spacial score (nSPS) is 13.1. The van der Waals surface area contributed by atoms with Crippen molar-refractivity contribution in [3.05, 3.63) is 44.6 Å². The summed E-state index contributed by atoms with van der Waals surface area (Å²) >= 11 is 4.88. The van der Waals surface area contributed by atoms with Crippen molar-refractivity contribution < 1.29 is 9.59 Å². The third kappa shape index (κ3) is 2.73. The number of amides is 2. The van der Waals surface area contributed by atoms with Crippen molar-refractivity contribution in [3.8, 4) is 0 Å². The molecule has 0 unspecified atom stereocenters. The average molecular weight is 365 g/mol. The summed E-state index contributed by atoms with van der Waals surface area (Å²) in [6, 6.07) is 7.52. The Morgan fingerprint density at radius 3 is 2.86 bits per heavy atom. The minimum atomic E-state index is -0.147. The van der Waals surface area contributed by atoms with Crippen LogP contribution in [0.25, 0.3) is 0 Å². The molecule has 0 fully saturated rings. The summed E-state index contributed by atoms with van der Waals surface area (Å²) in [6.07, 6.45) is 0.790. The number of nitrogens with zero attached hydrogens (tertiary/aromatic N) is 1. The van der Waals surface area contributed by atoms with Gasteiger partial charge in [-0.1, -0.05) is 22.0 Å². The number of anilines is 2. The lowest BCUT2D eigenvalue weighted by Crippen LogP contribution is -2.29. The number of benzene rings is 1. The highest BCUT2D eigenvalue weighted by Gasteiger charge is 2.29. The summed E-state index contributed by atoms with van der Waals surface area (Å²) in [4.78, 5) is 26.5. The Balaban J connectivity index is 2.04. The summed E-state index contributed by atoms with van der Waals surface area (Å²) in [7, 11) is 0. The molecule has 0 radical (unpaired) electrons. The highest BCUT2D eigenvalue weighted by molar-refractivity contribution is 9.10. The maximum atomic E-state index is 12.6. The molecule has 4 nitrogen and oxygen atoms in total. The predicted octanol–water partition coefficient (Wildman–Crippen LogP) is 3.67. The summed E-state index contributed by atoms with van der Waals surface area (Å²) in [5.41, 5.74) is 2.55. The first kappa shape index (κ1) is 14.3. The number of carbonyl (C=O) groups is 2. The Kier molecular flexibility index (Phi) is 3.82. The van der Waals surface area contributed by atoms with Gasteiger partial charge in [-0.3, -0.25) is 9.59 Å². The maximum absolute atomic E-state index is 12.6. The fourth-order valence-corrected chi connectivity index (χ4v) is 3.71. The van der Waals surface area contributed by atoms with Crippen LogP contribution in [0.1, 0.15) is 22.2 Å². The van der Waals surface area contributed by atoms with E-state index in [4.69, 9.17) is 0 Å². The number of rotatable bonds is 2. The molecule has 1 aromatic carbocycles. The lowest BCUT2D eigenvalue weighted by atomic mass is 10.1. The van der Waals surface area contributed by atoms with E-state index in [1.165, 1.54) is 18.3 Å². The van der Waals surface area contributed by atoms with Gasteiger partial charge < -0.3 is 10.2 Å². The van der Waals surface area contributed by atoms with Crippen LogP contribution in [-0.4, -0.2) is 18.4 Å². The van der Waals surface area contributed by atoms with Crippen molar-refractivity contribution in [2.45, 2.75) is 13.3 Å². The van der Waals surface area contributed by atoms with Gasteiger partial charge in [-0.15, -0.1) is 11.3 Å². The first-order valence-electron chi connectivity index (χ1n) is 6.51. The molecule has 3 rings (SSSR count). The van der Waals surface area contributed by atoms with Crippen LogP contribution < -0.4 is 10.2 Å². The first-order valence-corrected chi connectivity index (χ1v) is 8.19. The molecule has 0 aliphatic carbocycles. The number of nitrogens with one attached hydrogen (secondary N) is 1. The largest absolute Gasteiger partial charge is 0.324 e. The second-order valence-corrected chi connectivity index (χ2v) is 6.69. The van der Waals surface area contributed by atoms with Crippen molar-refractivity contribution in [1.82, 2.24) is 0 Å². The zero-order valence-corrected chi connectivity index (χ0v) is 13.8. The van der Waals surface area contributed by atoms with Crippen molar-refractivity contribution >= 4 is 50.5 Å². The van der Waals surface area contributed by atoms with Gasteiger partial charge in [0.25, 0.3) is 5.91 Å². The standard InChI is InChI=1S/C15H13BrN2O2S/c1-9(19)17-12-8-11(16)7-10-4-5-18(14(10)12)15(20)13-3-2-6-21-13/h2-3,6-8H,4-5H2,1H3,(H,17,19). The molecule has 1 aromatic heterocycles. The molecule has 2 aromatic rings. The molecule has 2 heterocycles. The summed E-state index contributed by atoms with van der Waals surface area (Å²) in [6.45, 7) is 2.10. The fourth-order valence-electron chi connectivity index (χ4n) is 2.53. The van der Waals surface area contributed by atoms with Gasteiger partial charge in [0.1, 0.15) is 0 Å². The Hall–Kier alpha value is -1.66. The quantitative estimate of drug-likeness (QED) is 0.883. The van der Waals surface area contributed by atoms with Crippen LogP contribution in [0.3, 0.4) is 0 Å². The Bertz CT molecular complexity index is 713. The molecule has 2 amide bonds. The minimum absolute atomic E-state index is 0.0160. The monoisotopic (exact) mass is 364 g/mol. The molecule has 1 aliphatic rings. The number of hydrogen-bond acceptors (Lipinski definition) is 3. The van der Waals surface area contributed by atoms with Gasteiger partial charge in [-0.05, 0) is 35.6 Å². The summed E-state index contributed by atoms with van der Waals surface area (Å²) in [5.74, 6) is -0.164. The van der Waals surface area contributed by atoms with Crippen LogP contribution in [0.4, 0.5) is 11.4 Å². The van der Waals surface area contributed by atoms with E-state index in [0.29, 0.717) is 17.1 Å². The molecular weight excluding hydrogens is 352 g/mol. The molecule has 1 N–H and O–H groups in total. The molecule has 0 spiro atoms. The SMILES string of the molecule is CC(=O)Nc1cc(Br)cc2c1N(C(=O)c1cccs1)CC2. The van der Waals surface area contributed by atoms with Crippen molar-refractivity contribution in [3.63, 3.8) is 0 Å². The second kappa shape index (κ2) is 5.61. The third-order valence-corrected chi connectivity index (χ3v) is 4.63. The van der Waals surface area contributed by atoms with Gasteiger partial charge in [0.05, 0.1) is 16.3 Å². The van der Waals surface area contributed by atoms with Gasteiger partial charge in [0.15, 0.2) is 0 Å². The van der Waals surface area contributed by atoms with Gasteiger partial charge in [-0.2, -0.15) is 0 Å². The molecule has 0 atom stereocenters. The predicted molar refractivity (Wildman–Crippen MR) is 88.1 cm³/mol. The van der Waals surface area contributed by atoms with E-state index >= 15 is 0 Å². The highest BCUT2D eigenvalue weighted by atomic mass is 79.9. The molecule has 1 aliphatic heterocycles. The smallest absolute Gasteiger partial charge is 0.268 e. The molecule has 6 heteroatoms. The van der Waals surface area contributed by atoms with Crippen LogP contribution in [0.2, 0.25) is 0 Å². The Labute approximate surface area is 134 Å². The van der Waals surface area contributed by atoms with E-state index in [9.17, 15) is 9.59 Å². The number of carbonyl (C=O) groups excluding carboxylic acids is 2. The lowest BCUT2D eigenvalue weighted by molar-refractivity contribution is -0.114. The lowest BCUT2D eigenvalue weighted by Gasteiger charge is -2.20. The number of halogens is 1. The maximum Gasteiger partial charge on any atom is 0.268 e. The van der Waals surface area contributed by atoms with Gasteiger partial charge >= 0.3 is 0 Å². The van der Waals surface area contributed by atoms with Gasteiger partial charge in [0, 0.05) is 17.9 Å². The first-order chi connectivity index (χ1) is 10.1.